The number of nitrogens with one attached hydrogen (secondary N) is 1. The maximum Gasteiger partial charge on any atom is 0.0920 e. The van der Waals surface area contributed by atoms with Crippen LogP contribution in [0.2, 0.25) is 0 Å². The number of aromatic nitrogens is 4. The average molecular weight is 188 g/mol. The quantitative estimate of drug-likeness (QED) is 0.784. The summed E-state index contributed by atoms with van der Waals surface area (Å²) in [5, 5.41) is 6.64. The van der Waals surface area contributed by atoms with Crippen molar-refractivity contribution in [3.63, 3.8) is 0 Å². The number of nitrogens with zero attached hydrogens (tertiary/aromatic N) is 3. The molecule has 14 heavy (non-hydrogen) atoms. The maximum absolute atomic E-state index is 4.49. The van der Waals surface area contributed by atoms with Crippen LogP contribution >= 0.6 is 0 Å². The van der Waals surface area contributed by atoms with Crippen LogP contribution in [0.1, 0.15) is 25.5 Å². The molecule has 0 aliphatic carbocycles. The summed E-state index contributed by atoms with van der Waals surface area (Å²) in [6.45, 7) is 4.20. The molecule has 0 atom stereocenters. The fourth-order valence-electron chi connectivity index (χ4n) is 1.19. The van der Waals surface area contributed by atoms with E-state index >= 15 is 0 Å². The van der Waals surface area contributed by atoms with Crippen LogP contribution in [0.3, 0.4) is 0 Å². The lowest BCUT2D eigenvalue weighted by Crippen LogP contribution is -1.95. The molecular formula is C10H12N4. The maximum atomic E-state index is 4.49. The summed E-state index contributed by atoms with van der Waals surface area (Å²) >= 11 is 0. The Morgan fingerprint density at radius 2 is 2.07 bits per heavy atom. The van der Waals surface area contributed by atoms with E-state index in [2.05, 4.69) is 34.0 Å². The molecule has 0 unspecified atom stereocenters. The monoisotopic (exact) mass is 188 g/mol. The molecular weight excluding hydrogens is 176 g/mol. The zero-order valence-electron chi connectivity index (χ0n) is 8.23. The second-order valence-corrected chi connectivity index (χ2v) is 3.47. The van der Waals surface area contributed by atoms with E-state index in [1.54, 1.807) is 18.6 Å². The summed E-state index contributed by atoms with van der Waals surface area (Å²) in [5.74, 6) is 0.398. The van der Waals surface area contributed by atoms with Crippen LogP contribution in [-0.2, 0) is 0 Å². The Labute approximate surface area is 82.4 Å². The molecule has 0 saturated heterocycles. The van der Waals surface area contributed by atoms with Crippen LogP contribution in [-0.4, -0.2) is 20.2 Å². The van der Waals surface area contributed by atoms with Crippen molar-refractivity contribution in [3.8, 4) is 11.3 Å². The van der Waals surface area contributed by atoms with Gasteiger partial charge in [0.15, 0.2) is 0 Å². The van der Waals surface area contributed by atoms with Crippen molar-refractivity contribution in [2.75, 3.05) is 0 Å². The van der Waals surface area contributed by atoms with Crippen molar-refractivity contribution in [1.29, 1.82) is 0 Å². The molecule has 0 saturated carbocycles. The Balaban J connectivity index is 2.41. The standard InChI is InChI=1S/C10H12N4/c1-7(2)9-5-11-6-10(14-9)8-3-12-13-4-8/h3-7H,1-2H3,(H,12,13). The summed E-state index contributed by atoms with van der Waals surface area (Å²) in [6, 6.07) is 0. The van der Waals surface area contributed by atoms with Gasteiger partial charge in [0.2, 0.25) is 0 Å². The zero-order valence-corrected chi connectivity index (χ0v) is 8.23. The SMILES string of the molecule is CC(C)c1cncc(-c2cn[nH]c2)n1. The fraction of sp³-hybridized carbons (Fsp3) is 0.300. The van der Waals surface area contributed by atoms with E-state index in [9.17, 15) is 0 Å². The minimum atomic E-state index is 0.398. The first kappa shape index (κ1) is 8.87. The van der Waals surface area contributed by atoms with E-state index in [4.69, 9.17) is 0 Å². The van der Waals surface area contributed by atoms with Crippen molar-refractivity contribution in [2.45, 2.75) is 19.8 Å². The van der Waals surface area contributed by atoms with Gasteiger partial charge in [0.05, 0.1) is 23.8 Å². The highest BCUT2D eigenvalue weighted by Gasteiger charge is 2.05. The van der Waals surface area contributed by atoms with E-state index in [0.29, 0.717) is 5.92 Å². The van der Waals surface area contributed by atoms with E-state index in [1.165, 1.54) is 0 Å². The molecule has 0 aromatic carbocycles. The second kappa shape index (κ2) is 3.57. The van der Waals surface area contributed by atoms with Gasteiger partial charge in [0, 0.05) is 18.0 Å². The van der Waals surface area contributed by atoms with Gasteiger partial charge in [0.1, 0.15) is 0 Å². The molecule has 2 rings (SSSR count). The summed E-state index contributed by atoms with van der Waals surface area (Å²) < 4.78 is 0. The van der Waals surface area contributed by atoms with Gasteiger partial charge in [0.25, 0.3) is 0 Å². The Morgan fingerprint density at radius 1 is 1.21 bits per heavy atom. The zero-order chi connectivity index (χ0) is 9.97. The van der Waals surface area contributed by atoms with Crippen LogP contribution in [0.4, 0.5) is 0 Å². The van der Waals surface area contributed by atoms with Crippen molar-refractivity contribution in [3.05, 3.63) is 30.5 Å². The molecule has 2 aromatic heterocycles. The van der Waals surface area contributed by atoms with Gasteiger partial charge in [-0.25, -0.2) is 4.98 Å². The van der Waals surface area contributed by atoms with Crippen molar-refractivity contribution >= 4 is 0 Å². The van der Waals surface area contributed by atoms with Gasteiger partial charge in [-0.15, -0.1) is 0 Å². The summed E-state index contributed by atoms with van der Waals surface area (Å²) in [7, 11) is 0. The largest absolute Gasteiger partial charge is 0.285 e. The Morgan fingerprint density at radius 3 is 2.71 bits per heavy atom. The van der Waals surface area contributed by atoms with Crippen LogP contribution in [0.15, 0.2) is 24.8 Å². The summed E-state index contributed by atoms with van der Waals surface area (Å²) in [4.78, 5) is 8.65. The Hall–Kier alpha value is -1.71. The molecule has 2 aromatic rings. The predicted molar refractivity (Wildman–Crippen MR) is 53.7 cm³/mol. The van der Waals surface area contributed by atoms with Gasteiger partial charge < -0.3 is 0 Å². The molecule has 0 aliphatic rings. The molecule has 4 heteroatoms. The predicted octanol–water partition coefficient (Wildman–Crippen LogP) is 1.99. The van der Waals surface area contributed by atoms with Gasteiger partial charge in [-0.1, -0.05) is 13.8 Å². The molecule has 2 heterocycles. The van der Waals surface area contributed by atoms with E-state index < -0.39 is 0 Å². The topological polar surface area (TPSA) is 54.5 Å². The molecule has 0 spiro atoms. The van der Waals surface area contributed by atoms with Gasteiger partial charge >= 0.3 is 0 Å². The highest BCUT2D eigenvalue weighted by atomic mass is 15.1. The van der Waals surface area contributed by atoms with Gasteiger partial charge in [-0.05, 0) is 5.92 Å². The van der Waals surface area contributed by atoms with E-state index in [-0.39, 0.29) is 0 Å². The second-order valence-electron chi connectivity index (χ2n) is 3.47. The minimum Gasteiger partial charge on any atom is -0.285 e. The number of aromatic amines is 1. The van der Waals surface area contributed by atoms with Crippen LogP contribution in [0.25, 0.3) is 11.3 Å². The molecule has 0 bridgehead atoms. The number of H-pyrrole nitrogens is 1. The smallest absolute Gasteiger partial charge is 0.0920 e. The third kappa shape index (κ3) is 1.64. The molecule has 4 nitrogen and oxygen atoms in total. The molecule has 1 N–H and O–H groups in total. The lowest BCUT2D eigenvalue weighted by Gasteiger charge is -2.04. The highest BCUT2D eigenvalue weighted by Crippen LogP contribution is 2.17. The van der Waals surface area contributed by atoms with Gasteiger partial charge in [-0.3, -0.25) is 10.1 Å². The normalized spacial score (nSPS) is 10.8. The molecule has 0 radical (unpaired) electrons. The first-order valence-electron chi connectivity index (χ1n) is 4.58. The average Bonchev–Trinajstić information content (AvgIpc) is 2.71. The summed E-state index contributed by atoms with van der Waals surface area (Å²) in [5.41, 5.74) is 2.84. The Bertz CT molecular complexity index is 406. The lowest BCUT2D eigenvalue weighted by molar-refractivity contribution is 0.814. The number of hydrogen-bond donors (Lipinski definition) is 1. The van der Waals surface area contributed by atoms with Crippen LogP contribution < -0.4 is 0 Å². The van der Waals surface area contributed by atoms with Crippen molar-refractivity contribution in [2.24, 2.45) is 0 Å². The van der Waals surface area contributed by atoms with Crippen molar-refractivity contribution in [1.82, 2.24) is 20.2 Å². The first-order valence-corrected chi connectivity index (χ1v) is 4.58. The molecule has 72 valence electrons. The third-order valence-electron chi connectivity index (χ3n) is 2.04. The molecule has 0 fully saturated rings. The number of rotatable bonds is 2. The first-order chi connectivity index (χ1) is 6.77. The Kier molecular flexibility index (Phi) is 2.26. The van der Waals surface area contributed by atoms with Crippen LogP contribution in [0, 0.1) is 0 Å². The molecule has 0 amide bonds. The lowest BCUT2D eigenvalue weighted by atomic mass is 10.1. The fourth-order valence-corrected chi connectivity index (χ4v) is 1.19. The van der Waals surface area contributed by atoms with E-state index in [0.717, 1.165) is 17.0 Å². The third-order valence-corrected chi connectivity index (χ3v) is 2.04. The van der Waals surface area contributed by atoms with Crippen molar-refractivity contribution < 1.29 is 0 Å². The van der Waals surface area contributed by atoms with E-state index in [1.807, 2.05) is 6.20 Å². The van der Waals surface area contributed by atoms with Gasteiger partial charge in [-0.2, -0.15) is 5.10 Å². The van der Waals surface area contributed by atoms with Crippen LogP contribution in [0.5, 0.6) is 0 Å². The summed E-state index contributed by atoms with van der Waals surface area (Å²) in [6.07, 6.45) is 7.10. The number of hydrogen-bond acceptors (Lipinski definition) is 3. The highest BCUT2D eigenvalue weighted by molar-refractivity contribution is 5.55. The molecule has 0 aliphatic heterocycles. The minimum absolute atomic E-state index is 0.398.